The molecule has 0 aliphatic heterocycles. The first-order valence-corrected chi connectivity index (χ1v) is 5.79. The van der Waals surface area contributed by atoms with Crippen LogP contribution in [0.3, 0.4) is 0 Å². The van der Waals surface area contributed by atoms with Gasteiger partial charge in [-0.1, -0.05) is 30.3 Å². The van der Waals surface area contributed by atoms with Gasteiger partial charge in [-0.05, 0) is 24.3 Å². The number of benzene rings is 2. The minimum absolute atomic E-state index is 0.681. The molecule has 2 aromatic rings. The topological polar surface area (TPSA) is 27.0 Å². The van der Waals surface area contributed by atoms with Gasteiger partial charge in [0.25, 0.3) is 0 Å². The average molecular weight is 320 g/mol. The standard InChI is InChI=1S/C13H9IN2/c14-16(12-7-2-1-3-8-12)13-9-5-4-6-11(13)10-15/h1-9H. The van der Waals surface area contributed by atoms with Crippen LogP contribution in [0.4, 0.5) is 11.4 Å². The molecule has 0 bridgehead atoms. The SMILES string of the molecule is N#Cc1ccccc1N(I)c1ccccc1. The fourth-order valence-electron chi connectivity index (χ4n) is 1.44. The monoisotopic (exact) mass is 320 g/mol. The van der Waals surface area contributed by atoms with Gasteiger partial charge in [-0.2, -0.15) is 5.26 Å². The van der Waals surface area contributed by atoms with Crippen molar-refractivity contribution in [3.05, 3.63) is 60.2 Å². The van der Waals surface area contributed by atoms with E-state index in [1.165, 1.54) is 0 Å². The van der Waals surface area contributed by atoms with E-state index in [0.717, 1.165) is 11.4 Å². The number of halogens is 1. The van der Waals surface area contributed by atoms with Gasteiger partial charge in [-0.25, -0.2) is 0 Å². The van der Waals surface area contributed by atoms with Gasteiger partial charge in [0, 0.05) is 0 Å². The normalized spacial score (nSPS) is 9.50. The smallest absolute Gasteiger partial charge is 0.101 e. The molecule has 16 heavy (non-hydrogen) atoms. The Morgan fingerprint density at radius 3 is 2.25 bits per heavy atom. The third-order valence-electron chi connectivity index (χ3n) is 2.22. The Morgan fingerprint density at radius 2 is 1.56 bits per heavy atom. The molecule has 0 heterocycles. The molecule has 2 nitrogen and oxygen atoms in total. The van der Waals surface area contributed by atoms with Gasteiger partial charge in [0.15, 0.2) is 0 Å². The number of nitriles is 1. The number of anilines is 2. The fourth-order valence-corrected chi connectivity index (χ4v) is 2.18. The highest BCUT2D eigenvalue weighted by Gasteiger charge is 2.09. The minimum Gasteiger partial charge on any atom is -0.282 e. The molecule has 78 valence electrons. The molecule has 0 fully saturated rings. The van der Waals surface area contributed by atoms with Crippen molar-refractivity contribution in [3.8, 4) is 6.07 Å². The lowest BCUT2D eigenvalue weighted by atomic mass is 10.2. The van der Waals surface area contributed by atoms with Crippen molar-refractivity contribution < 1.29 is 0 Å². The summed E-state index contributed by atoms with van der Waals surface area (Å²) in [5, 5.41) is 9.03. The lowest BCUT2D eigenvalue weighted by Gasteiger charge is -2.17. The minimum atomic E-state index is 0.681. The Bertz CT molecular complexity index is 517. The molecule has 0 radical (unpaired) electrons. The predicted molar refractivity (Wildman–Crippen MR) is 73.8 cm³/mol. The van der Waals surface area contributed by atoms with Gasteiger partial charge < -0.3 is 0 Å². The summed E-state index contributed by atoms with van der Waals surface area (Å²) in [6.07, 6.45) is 0. The zero-order chi connectivity index (χ0) is 11.4. The highest BCUT2D eigenvalue weighted by Crippen LogP contribution is 2.31. The van der Waals surface area contributed by atoms with Crippen LogP contribution in [0.5, 0.6) is 0 Å². The Hall–Kier alpha value is -1.54. The highest BCUT2D eigenvalue weighted by atomic mass is 127. The largest absolute Gasteiger partial charge is 0.282 e. The second-order valence-corrected chi connectivity index (χ2v) is 4.21. The molecule has 0 N–H and O–H groups in total. The van der Waals surface area contributed by atoms with Crippen LogP contribution in [-0.4, -0.2) is 0 Å². The molecular formula is C13H9IN2. The molecule has 0 spiro atoms. The van der Waals surface area contributed by atoms with Crippen LogP contribution in [0, 0.1) is 11.3 Å². The van der Waals surface area contributed by atoms with Crippen molar-refractivity contribution in [2.75, 3.05) is 3.11 Å². The number of nitrogens with zero attached hydrogens (tertiary/aromatic N) is 2. The quantitative estimate of drug-likeness (QED) is 0.617. The van der Waals surface area contributed by atoms with Crippen LogP contribution in [0.1, 0.15) is 5.56 Å². The van der Waals surface area contributed by atoms with Crippen LogP contribution in [0.25, 0.3) is 0 Å². The summed E-state index contributed by atoms with van der Waals surface area (Å²) in [6.45, 7) is 0. The Labute approximate surface area is 109 Å². The molecule has 0 atom stereocenters. The maximum Gasteiger partial charge on any atom is 0.101 e. The van der Waals surface area contributed by atoms with Gasteiger partial charge >= 0.3 is 0 Å². The van der Waals surface area contributed by atoms with E-state index in [1.807, 2.05) is 57.7 Å². The first-order chi connectivity index (χ1) is 7.83. The summed E-state index contributed by atoms with van der Waals surface area (Å²) >= 11 is 2.20. The molecule has 2 aromatic carbocycles. The van der Waals surface area contributed by atoms with Crippen LogP contribution < -0.4 is 3.11 Å². The molecule has 0 unspecified atom stereocenters. The van der Waals surface area contributed by atoms with E-state index < -0.39 is 0 Å². The zero-order valence-corrected chi connectivity index (χ0v) is 10.6. The van der Waals surface area contributed by atoms with Crippen molar-refractivity contribution >= 4 is 34.2 Å². The zero-order valence-electron chi connectivity index (χ0n) is 8.47. The van der Waals surface area contributed by atoms with Gasteiger partial charge in [0.05, 0.1) is 39.8 Å². The molecule has 0 aliphatic rings. The van der Waals surface area contributed by atoms with Crippen LogP contribution >= 0.6 is 22.9 Å². The number of hydrogen-bond acceptors (Lipinski definition) is 2. The summed E-state index contributed by atoms with van der Waals surface area (Å²) in [5.41, 5.74) is 2.66. The van der Waals surface area contributed by atoms with Crippen molar-refractivity contribution in [1.82, 2.24) is 0 Å². The first kappa shape index (κ1) is 11.0. The van der Waals surface area contributed by atoms with Crippen LogP contribution in [0.2, 0.25) is 0 Å². The molecule has 0 amide bonds. The third-order valence-corrected chi connectivity index (χ3v) is 3.30. The van der Waals surface area contributed by atoms with E-state index in [2.05, 4.69) is 28.9 Å². The van der Waals surface area contributed by atoms with Crippen molar-refractivity contribution in [1.29, 1.82) is 5.26 Å². The van der Waals surface area contributed by atoms with E-state index in [0.29, 0.717) is 5.56 Å². The van der Waals surface area contributed by atoms with E-state index >= 15 is 0 Å². The maximum absolute atomic E-state index is 9.03. The van der Waals surface area contributed by atoms with E-state index in [1.54, 1.807) is 0 Å². The summed E-state index contributed by atoms with van der Waals surface area (Å²) < 4.78 is 1.98. The van der Waals surface area contributed by atoms with Crippen molar-refractivity contribution in [3.63, 3.8) is 0 Å². The number of rotatable bonds is 2. The molecule has 0 saturated carbocycles. The molecule has 2 rings (SSSR count). The van der Waals surface area contributed by atoms with Gasteiger partial charge in [0.2, 0.25) is 0 Å². The summed E-state index contributed by atoms with van der Waals surface area (Å²) in [5.74, 6) is 0. The third kappa shape index (κ3) is 2.17. The van der Waals surface area contributed by atoms with Gasteiger partial charge in [-0.3, -0.25) is 3.11 Å². The summed E-state index contributed by atoms with van der Waals surface area (Å²) in [4.78, 5) is 0. The summed E-state index contributed by atoms with van der Waals surface area (Å²) in [6, 6.07) is 19.7. The lowest BCUT2D eigenvalue weighted by Crippen LogP contribution is -2.02. The van der Waals surface area contributed by atoms with Gasteiger partial charge in [-0.15, -0.1) is 0 Å². The first-order valence-electron chi connectivity index (χ1n) is 4.83. The molecule has 0 aliphatic carbocycles. The average Bonchev–Trinajstić information content (AvgIpc) is 2.39. The molecular weight excluding hydrogens is 311 g/mol. The molecule has 3 heteroatoms. The lowest BCUT2D eigenvalue weighted by molar-refractivity contribution is 1.42. The Balaban J connectivity index is 2.42. The summed E-state index contributed by atoms with van der Waals surface area (Å²) in [7, 11) is 0. The number of hydrogen-bond donors (Lipinski definition) is 0. The fraction of sp³-hybridized carbons (Fsp3) is 0. The Kier molecular flexibility index (Phi) is 3.42. The number of para-hydroxylation sites is 2. The maximum atomic E-state index is 9.03. The van der Waals surface area contributed by atoms with Gasteiger partial charge in [0.1, 0.15) is 6.07 Å². The van der Waals surface area contributed by atoms with E-state index in [9.17, 15) is 0 Å². The van der Waals surface area contributed by atoms with E-state index in [-0.39, 0.29) is 0 Å². The Morgan fingerprint density at radius 1 is 0.938 bits per heavy atom. The van der Waals surface area contributed by atoms with E-state index in [4.69, 9.17) is 5.26 Å². The van der Waals surface area contributed by atoms with Crippen molar-refractivity contribution in [2.45, 2.75) is 0 Å². The highest BCUT2D eigenvalue weighted by molar-refractivity contribution is 14.1. The second-order valence-electron chi connectivity index (χ2n) is 3.25. The predicted octanol–water partition coefficient (Wildman–Crippen LogP) is 4.05. The second kappa shape index (κ2) is 4.99. The van der Waals surface area contributed by atoms with Crippen LogP contribution in [-0.2, 0) is 0 Å². The van der Waals surface area contributed by atoms with Crippen molar-refractivity contribution in [2.24, 2.45) is 0 Å². The molecule has 0 saturated heterocycles. The van der Waals surface area contributed by atoms with Crippen LogP contribution in [0.15, 0.2) is 54.6 Å². The molecule has 0 aromatic heterocycles.